The highest BCUT2D eigenvalue weighted by atomic mass is 15.3. The number of hydrogen-bond acceptors (Lipinski definition) is 2. The van der Waals surface area contributed by atoms with Gasteiger partial charge in [-0.1, -0.05) is 0 Å². The summed E-state index contributed by atoms with van der Waals surface area (Å²) in [4.78, 5) is 0. The minimum absolute atomic E-state index is 0.759. The van der Waals surface area contributed by atoms with Crippen LogP contribution in [0.1, 0.15) is 36.6 Å². The Morgan fingerprint density at radius 3 is 3.00 bits per heavy atom. The van der Waals surface area contributed by atoms with E-state index in [0.717, 1.165) is 25.3 Å². The molecule has 3 nitrogen and oxygen atoms in total. The van der Waals surface area contributed by atoms with E-state index >= 15 is 0 Å². The first-order valence-electron chi connectivity index (χ1n) is 5.04. The normalized spacial score (nSPS) is 16.5. The molecule has 0 atom stereocenters. The van der Waals surface area contributed by atoms with Crippen LogP contribution >= 0.6 is 0 Å². The number of aromatic nitrogens is 2. The van der Waals surface area contributed by atoms with Crippen molar-refractivity contribution in [2.75, 3.05) is 6.54 Å². The van der Waals surface area contributed by atoms with Gasteiger partial charge in [-0.25, -0.2) is 0 Å². The molecule has 0 aromatic carbocycles. The Balaban J connectivity index is 2.05. The molecule has 0 saturated heterocycles. The van der Waals surface area contributed by atoms with Gasteiger partial charge < -0.3 is 5.73 Å². The van der Waals surface area contributed by atoms with Crippen molar-refractivity contribution in [2.24, 2.45) is 12.8 Å². The summed E-state index contributed by atoms with van der Waals surface area (Å²) in [5, 5.41) is 4.47. The maximum atomic E-state index is 5.46. The maximum absolute atomic E-state index is 5.46. The Morgan fingerprint density at radius 1 is 1.62 bits per heavy atom. The molecule has 1 aromatic heterocycles. The molecule has 1 aliphatic rings. The number of hydrogen-bond donors (Lipinski definition) is 1. The molecule has 72 valence electrons. The predicted octanol–water partition coefficient (Wildman–Crippen LogP) is 1.19. The highest BCUT2D eigenvalue weighted by Crippen LogP contribution is 2.39. The highest BCUT2D eigenvalue weighted by molar-refractivity contribution is 5.19. The van der Waals surface area contributed by atoms with Crippen molar-refractivity contribution in [1.82, 2.24) is 9.78 Å². The second-order valence-corrected chi connectivity index (χ2v) is 3.85. The molecule has 3 heteroatoms. The van der Waals surface area contributed by atoms with E-state index in [1.54, 1.807) is 0 Å². The van der Waals surface area contributed by atoms with Gasteiger partial charge in [-0.15, -0.1) is 0 Å². The molecule has 0 spiro atoms. The second kappa shape index (κ2) is 3.50. The van der Waals surface area contributed by atoms with Crippen LogP contribution in [-0.4, -0.2) is 16.3 Å². The average Bonchev–Trinajstić information content (AvgIpc) is 2.88. The second-order valence-electron chi connectivity index (χ2n) is 3.85. The summed E-state index contributed by atoms with van der Waals surface area (Å²) in [6.07, 6.45) is 4.75. The van der Waals surface area contributed by atoms with Gasteiger partial charge in [-0.05, 0) is 38.3 Å². The highest BCUT2D eigenvalue weighted by Gasteiger charge is 2.26. The van der Waals surface area contributed by atoms with Crippen molar-refractivity contribution >= 4 is 0 Å². The zero-order valence-corrected chi connectivity index (χ0v) is 8.16. The fourth-order valence-corrected chi connectivity index (χ4v) is 1.71. The largest absolute Gasteiger partial charge is 0.330 e. The molecule has 2 N–H and O–H groups in total. The minimum atomic E-state index is 0.759. The fourth-order valence-electron chi connectivity index (χ4n) is 1.71. The van der Waals surface area contributed by atoms with Gasteiger partial charge in [0.15, 0.2) is 0 Å². The standard InChI is InChI=1S/C10H17N3/c1-13-10(8-4-5-8)7-9(12-13)3-2-6-11/h7-8H,2-6,11H2,1H3. The topological polar surface area (TPSA) is 43.8 Å². The summed E-state index contributed by atoms with van der Waals surface area (Å²) in [6, 6.07) is 2.24. The van der Waals surface area contributed by atoms with Gasteiger partial charge >= 0.3 is 0 Å². The Bertz CT molecular complexity index is 286. The summed E-state index contributed by atoms with van der Waals surface area (Å²) in [5.41, 5.74) is 8.07. The molecule has 1 aromatic rings. The molecule has 1 heterocycles. The van der Waals surface area contributed by atoms with Crippen molar-refractivity contribution in [3.8, 4) is 0 Å². The molecule has 0 unspecified atom stereocenters. The lowest BCUT2D eigenvalue weighted by Crippen LogP contribution is -2.01. The van der Waals surface area contributed by atoms with E-state index in [-0.39, 0.29) is 0 Å². The van der Waals surface area contributed by atoms with E-state index in [0.29, 0.717) is 0 Å². The van der Waals surface area contributed by atoms with Crippen molar-refractivity contribution < 1.29 is 0 Å². The van der Waals surface area contributed by atoms with Crippen molar-refractivity contribution in [3.63, 3.8) is 0 Å². The molecule has 1 saturated carbocycles. The van der Waals surface area contributed by atoms with E-state index in [4.69, 9.17) is 5.73 Å². The third-order valence-corrected chi connectivity index (χ3v) is 2.60. The van der Waals surface area contributed by atoms with Crippen LogP contribution in [0.25, 0.3) is 0 Å². The van der Waals surface area contributed by atoms with Gasteiger partial charge in [0, 0.05) is 18.7 Å². The molecule has 0 aliphatic heterocycles. The first-order valence-corrected chi connectivity index (χ1v) is 5.04. The van der Waals surface area contributed by atoms with Crippen molar-refractivity contribution in [2.45, 2.75) is 31.6 Å². The van der Waals surface area contributed by atoms with Gasteiger partial charge in [0.05, 0.1) is 5.69 Å². The van der Waals surface area contributed by atoms with Crippen LogP contribution in [0.4, 0.5) is 0 Å². The quantitative estimate of drug-likeness (QED) is 0.754. The van der Waals surface area contributed by atoms with E-state index in [2.05, 4.69) is 11.2 Å². The molecule has 2 rings (SSSR count). The molecule has 1 aliphatic carbocycles. The van der Waals surface area contributed by atoms with Crippen LogP contribution in [-0.2, 0) is 13.5 Å². The average molecular weight is 179 g/mol. The van der Waals surface area contributed by atoms with Crippen LogP contribution in [0.3, 0.4) is 0 Å². The lowest BCUT2D eigenvalue weighted by molar-refractivity contribution is 0.690. The van der Waals surface area contributed by atoms with Crippen LogP contribution in [0.5, 0.6) is 0 Å². The molecule has 0 amide bonds. The molecule has 0 radical (unpaired) electrons. The van der Waals surface area contributed by atoms with Gasteiger partial charge in [0.2, 0.25) is 0 Å². The van der Waals surface area contributed by atoms with E-state index in [9.17, 15) is 0 Å². The SMILES string of the molecule is Cn1nc(CCCN)cc1C1CC1. The van der Waals surface area contributed by atoms with E-state index < -0.39 is 0 Å². The lowest BCUT2D eigenvalue weighted by Gasteiger charge is -1.95. The van der Waals surface area contributed by atoms with E-state index in [1.165, 1.54) is 24.2 Å². The van der Waals surface area contributed by atoms with E-state index in [1.807, 2.05) is 11.7 Å². The molecule has 1 fully saturated rings. The van der Waals surface area contributed by atoms with Gasteiger partial charge in [0.1, 0.15) is 0 Å². The first kappa shape index (κ1) is 8.75. The third-order valence-electron chi connectivity index (χ3n) is 2.60. The van der Waals surface area contributed by atoms with Gasteiger partial charge in [0.25, 0.3) is 0 Å². The van der Waals surface area contributed by atoms with Gasteiger partial charge in [-0.2, -0.15) is 5.10 Å². The lowest BCUT2D eigenvalue weighted by atomic mass is 10.2. The zero-order valence-electron chi connectivity index (χ0n) is 8.16. The summed E-state index contributed by atoms with van der Waals surface area (Å²) < 4.78 is 2.03. The van der Waals surface area contributed by atoms with Crippen LogP contribution in [0, 0.1) is 0 Å². The van der Waals surface area contributed by atoms with Crippen molar-refractivity contribution in [3.05, 3.63) is 17.5 Å². The molecule has 13 heavy (non-hydrogen) atoms. The minimum Gasteiger partial charge on any atom is -0.330 e. The first-order chi connectivity index (χ1) is 6.31. The fraction of sp³-hybridized carbons (Fsp3) is 0.700. The number of nitrogens with two attached hydrogens (primary N) is 1. The summed E-state index contributed by atoms with van der Waals surface area (Å²) in [5.74, 6) is 0.795. The van der Waals surface area contributed by atoms with Crippen LogP contribution < -0.4 is 5.73 Å². The summed E-state index contributed by atoms with van der Waals surface area (Å²) in [7, 11) is 2.04. The molecule has 0 bridgehead atoms. The Morgan fingerprint density at radius 2 is 2.38 bits per heavy atom. The Hall–Kier alpha value is -0.830. The zero-order chi connectivity index (χ0) is 9.26. The molecular weight excluding hydrogens is 162 g/mol. The number of aryl methyl sites for hydroxylation is 2. The predicted molar refractivity (Wildman–Crippen MR) is 52.6 cm³/mol. The summed E-state index contributed by atoms with van der Waals surface area (Å²) in [6.45, 7) is 0.759. The van der Waals surface area contributed by atoms with Crippen LogP contribution in [0.2, 0.25) is 0 Å². The third kappa shape index (κ3) is 1.91. The van der Waals surface area contributed by atoms with Gasteiger partial charge in [-0.3, -0.25) is 4.68 Å². The Kier molecular flexibility index (Phi) is 2.36. The van der Waals surface area contributed by atoms with Crippen molar-refractivity contribution in [1.29, 1.82) is 0 Å². The number of rotatable bonds is 4. The monoisotopic (exact) mass is 179 g/mol. The number of nitrogens with zero attached hydrogens (tertiary/aromatic N) is 2. The Labute approximate surface area is 78.9 Å². The maximum Gasteiger partial charge on any atom is 0.0628 e. The smallest absolute Gasteiger partial charge is 0.0628 e. The van der Waals surface area contributed by atoms with Crippen LogP contribution in [0.15, 0.2) is 6.07 Å². The summed E-state index contributed by atoms with van der Waals surface area (Å²) >= 11 is 0. The molecular formula is C10H17N3.